The Hall–Kier alpha value is -1.59. The summed E-state index contributed by atoms with van der Waals surface area (Å²) in [6.07, 6.45) is -1.12. The van der Waals surface area contributed by atoms with Gasteiger partial charge in [-0.25, -0.2) is 4.79 Å². The van der Waals surface area contributed by atoms with E-state index < -0.39 is 18.1 Å². The van der Waals surface area contributed by atoms with Crippen molar-refractivity contribution in [2.45, 2.75) is 32.0 Å². The highest BCUT2D eigenvalue weighted by Gasteiger charge is 2.43. The average Bonchev–Trinajstić information content (AvgIpc) is 2.38. The van der Waals surface area contributed by atoms with Crippen LogP contribution < -0.4 is 0 Å². The van der Waals surface area contributed by atoms with Gasteiger partial charge in [0, 0.05) is 11.1 Å². The first-order valence-corrected chi connectivity index (χ1v) is 6.71. The zero-order valence-corrected chi connectivity index (χ0v) is 12.0. The van der Waals surface area contributed by atoms with Gasteiger partial charge in [0.1, 0.15) is 6.61 Å². The van der Waals surface area contributed by atoms with Crippen molar-refractivity contribution in [2.75, 3.05) is 6.61 Å². The molecule has 1 aromatic rings. The van der Waals surface area contributed by atoms with Gasteiger partial charge in [0.25, 0.3) is 0 Å². The quantitative estimate of drug-likeness (QED) is 0.928. The second-order valence-electron chi connectivity index (χ2n) is 4.93. The third-order valence-electron chi connectivity index (χ3n) is 3.28. The molecule has 5 nitrogen and oxygen atoms in total. The molecule has 1 N–H and O–H groups in total. The number of carbonyl (C=O) groups excluding carboxylic acids is 1. The van der Waals surface area contributed by atoms with Crippen molar-refractivity contribution >= 4 is 23.5 Å². The number of benzene rings is 1. The zero-order chi connectivity index (χ0) is 14.9. The van der Waals surface area contributed by atoms with Gasteiger partial charge < -0.3 is 14.7 Å². The molecule has 2 atom stereocenters. The first kappa shape index (κ1) is 14.8. The predicted molar refractivity (Wildman–Crippen MR) is 73.6 cm³/mol. The first-order valence-electron chi connectivity index (χ1n) is 6.33. The second-order valence-corrected chi connectivity index (χ2v) is 5.34. The molecule has 2 unspecified atom stereocenters. The van der Waals surface area contributed by atoms with Crippen LogP contribution in [0.4, 0.5) is 0 Å². The molecule has 108 valence electrons. The summed E-state index contributed by atoms with van der Waals surface area (Å²) in [5.74, 6) is -1.34. The molecule has 1 amide bonds. The minimum atomic E-state index is -1.12. The maximum Gasteiger partial charge on any atom is 0.335 e. The molecular formula is C14H16ClNO4. The topological polar surface area (TPSA) is 66.8 Å². The fourth-order valence-corrected chi connectivity index (χ4v) is 2.72. The molecule has 1 aliphatic rings. The Morgan fingerprint density at radius 1 is 1.45 bits per heavy atom. The molecule has 1 aliphatic heterocycles. The number of rotatable bonds is 3. The van der Waals surface area contributed by atoms with Gasteiger partial charge in [-0.15, -0.1) is 0 Å². The normalized spacial score (nSPS) is 23.2. The summed E-state index contributed by atoms with van der Waals surface area (Å²) in [5.41, 5.74) is 0.586. The van der Waals surface area contributed by atoms with Gasteiger partial charge in [-0.3, -0.25) is 4.79 Å². The monoisotopic (exact) mass is 297 g/mol. The number of hydrogen-bond donors (Lipinski definition) is 1. The van der Waals surface area contributed by atoms with E-state index in [0.29, 0.717) is 10.6 Å². The lowest BCUT2D eigenvalue weighted by Crippen LogP contribution is -2.54. The van der Waals surface area contributed by atoms with E-state index in [-0.39, 0.29) is 18.6 Å². The summed E-state index contributed by atoms with van der Waals surface area (Å²) in [5, 5.41) is 9.76. The molecule has 0 aromatic heterocycles. The van der Waals surface area contributed by atoms with Crippen molar-refractivity contribution in [3.8, 4) is 0 Å². The summed E-state index contributed by atoms with van der Waals surface area (Å²) in [4.78, 5) is 25.0. The van der Waals surface area contributed by atoms with Crippen molar-refractivity contribution in [3.63, 3.8) is 0 Å². The highest BCUT2D eigenvalue weighted by molar-refractivity contribution is 6.31. The van der Waals surface area contributed by atoms with Crippen molar-refractivity contribution < 1.29 is 19.4 Å². The molecule has 2 rings (SSSR count). The highest BCUT2D eigenvalue weighted by atomic mass is 35.5. The number of nitrogens with zero attached hydrogens (tertiary/aromatic N) is 1. The van der Waals surface area contributed by atoms with Crippen LogP contribution in [0.3, 0.4) is 0 Å². The highest BCUT2D eigenvalue weighted by Crippen LogP contribution is 2.35. The largest absolute Gasteiger partial charge is 0.479 e. The third-order valence-corrected chi connectivity index (χ3v) is 3.63. The molecule has 0 saturated carbocycles. The second kappa shape index (κ2) is 5.81. The molecule has 1 fully saturated rings. The number of carbonyl (C=O) groups is 2. The molecule has 1 saturated heterocycles. The number of aliphatic carboxylic acids is 1. The summed E-state index contributed by atoms with van der Waals surface area (Å²) in [6, 6.07) is 6.05. The van der Waals surface area contributed by atoms with Crippen molar-refractivity contribution in [3.05, 3.63) is 34.9 Å². The van der Waals surface area contributed by atoms with E-state index in [1.807, 2.05) is 13.8 Å². The number of ether oxygens (including phenoxy) is 1. The number of morpholine rings is 1. The predicted octanol–water partition coefficient (Wildman–Crippen LogP) is 2.10. The molecule has 1 aromatic carbocycles. The summed E-state index contributed by atoms with van der Waals surface area (Å²) in [7, 11) is 0. The average molecular weight is 298 g/mol. The summed E-state index contributed by atoms with van der Waals surface area (Å²) >= 11 is 6.16. The number of hydrogen-bond acceptors (Lipinski definition) is 3. The summed E-state index contributed by atoms with van der Waals surface area (Å²) < 4.78 is 5.20. The van der Waals surface area contributed by atoms with E-state index in [0.717, 1.165) is 0 Å². The van der Waals surface area contributed by atoms with Gasteiger partial charge in [-0.2, -0.15) is 0 Å². The SMILES string of the molecule is CC(C)N1C(=O)COC(C(=O)O)C1c1ccccc1Cl. The van der Waals surface area contributed by atoms with E-state index in [4.69, 9.17) is 16.3 Å². The van der Waals surface area contributed by atoms with Gasteiger partial charge >= 0.3 is 5.97 Å². The van der Waals surface area contributed by atoms with Gasteiger partial charge in [0.2, 0.25) is 5.91 Å². The van der Waals surface area contributed by atoms with Crippen LogP contribution in [0.25, 0.3) is 0 Å². The molecule has 0 radical (unpaired) electrons. The van der Waals surface area contributed by atoms with Crippen molar-refractivity contribution in [1.29, 1.82) is 0 Å². The fraction of sp³-hybridized carbons (Fsp3) is 0.429. The van der Waals surface area contributed by atoms with Crippen LogP contribution in [0.2, 0.25) is 5.02 Å². The van der Waals surface area contributed by atoms with Gasteiger partial charge in [-0.05, 0) is 25.5 Å². The van der Waals surface area contributed by atoms with Crippen LogP contribution in [0.15, 0.2) is 24.3 Å². The van der Waals surface area contributed by atoms with Crippen molar-refractivity contribution in [2.24, 2.45) is 0 Å². The van der Waals surface area contributed by atoms with Crippen molar-refractivity contribution in [1.82, 2.24) is 4.90 Å². The van der Waals surface area contributed by atoms with E-state index in [1.54, 1.807) is 24.3 Å². The minimum absolute atomic E-state index is 0.144. The van der Waals surface area contributed by atoms with Crippen LogP contribution in [-0.4, -0.2) is 40.6 Å². The van der Waals surface area contributed by atoms with E-state index in [2.05, 4.69) is 0 Å². The Labute approximate surface area is 122 Å². The third kappa shape index (κ3) is 2.64. The molecule has 20 heavy (non-hydrogen) atoms. The Kier molecular flexibility index (Phi) is 4.30. The van der Waals surface area contributed by atoms with Crippen LogP contribution in [0.1, 0.15) is 25.5 Å². The summed E-state index contributed by atoms with van der Waals surface area (Å²) in [6.45, 7) is 3.45. The lowest BCUT2D eigenvalue weighted by atomic mass is 9.96. The molecule has 1 heterocycles. The van der Waals surface area contributed by atoms with Crippen LogP contribution in [0.5, 0.6) is 0 Å². The minimum Gasteiger partial charge on any atom is -0.479 e. The van der Waals surface area contributed by atoms with Gasteiger partial charge in [0.15, 0.2) is 6.10 Å². The standard InChI is InChI=1S/C14H16ClNO4/c1-8(2)16-11(17)7-20-13(14(18)19)12(16)9-5-3-4-6-10(9)15/h3-6,8,12-13H,7H2,1-2H3,(H,18,19). The molecular weight excluding hydrogens is 282 g/mol. The molecule has 0 aliphatic carbocycles. The molecule has 6 heteroatoms. The van der Waals surface area contributed by atoms with Crippen LogP contribution in [0, 0.1) is 0 Å². The Morgan fingerprint density at radius 3 is 2.65 bits per heavy atom. The Morgan fingerprint density at radius 2 is 2.10 bits per heavy atom. The number of carboxylic acid groups (broad SMARTS) is 1. The van der Waals surface area contributed by atoms with Crippen LogP contribution in [-0.2, 0) is 14.3 Å². The number of carboxylic acids is 1. The smallest absolute Gasteiger partial charge is 0.335 e. The molecule has 0 spiro atoms. The Balaban J connectivity index is 2.52. The van der Waals surface area contributed by atoms with Crippen LogP contribution >= 0.6 is 11.6 Å². The fourth-order valence-electron chi connectivity index (χ4n) is 2.47. The van der Waals surface area contributed by atoms with E-state index in [1.165, 1.54) is 4.90 Å². The molecule has 0 bridgehead atoms. The lowest BCUT2D eigenvalue weighted by Gasteiger charge is -2.42. The maximum atomic E-state index is 12.1. The maximum absolute atomic E-state index is 12.1. The Bertz CT molecular complexity index is 532. The van der Waals surface area contributed by atoms with Gasteiger partial charge in [-0.1, -0.05) is 29.8 Å². The lowest BCUT2D eigenvalue weighted by molar-refractivity contribution is -0.175. The zero-order valence-electron chi connectivity index (χ0n) is 11.2. The number of halogens is 1. The number of amides is 1. The first-order chi connectivity index (χ1) is 9.43. The van der Waals surface area contributed by atoms with Gasteiger partial charge in [0.05, 0.1) is 6.04 Å². The van der Waals surface area contributed by atoms with E-state index >= 15 is 0 Å². The van der Waals surface area contributed by atoms with E-state index in [9.17, 15) is 14.7 Å².